The second-order valence-electron chi connectivity index (χ2n) is 5.46. The van der Waals surface area contributed by atoms with Gasteiger partial charge in [0.15, 0.2) is 9.84 Å². The van der Waals surface area contributed by atoms with Crippen LogP contribution in [-0.2, 0) is 14.6 Å². The Hall–Kier alpha value is -1.67. The zero-order chi connectivity index (χ0) is 16.3. The van der Waals surface area contributed by atoms with Gasteiger partial charge in [-0.25, -0.2) is 13.4 Å². The monoisotopic (exact) mass is 327 g/mol. The number of carbonyl (C=O) groups is 1. The average Bonchev–Trinajstić information content (AvgIpc) is 2.50. The first-order valence-electron chi connectivity index (χ1n) is 6.99. The van der Waals surface area contributed by atoms with Crippen molar-refractivity contribution >= 4 is 21.4 Å². The van der Waals surface area contributed by atoms with Crippen molar-refractivity contribution in [2.24, 2.45) is 0 Å². The Balaban J connectivity index is 2.03. The molecule has 1 saturated heterocycles. The molecule has 0 saturated carbocycles. The summed E-state index contributed by atoms with van der Waals surface area (Å²) in [6, 6.07) is 3.14. The van der Waals surface area contributed by atoms with Crippen LogP contribution >= 0.6 is 0 Å². The minimum atomic E-state index is -3.05. The maximum absolute atomic E-state index is 12.4. The number of ether oxygens (including phenoxy) is 1. The largest absolute Gasteiger partial charge is 0.481 e. The van der Waals surface area contributed by atoms with Crippen molar-refractivity contribution < 1.29 is 17.9 Å². The number of hydrogen-bond acceptors (Lipinski definition) is 6. The van der Waals surface area contributed by atoms with Crippen LogP contribution in [-0.4, -0.2) is 69.5 Å². The van der Waals surface area contributed by atoms with Gasteiger partial charge in [0.2, 0.25) is 11.8 Å². The van der Waals surface area contributed by atoms with Crippen LogP contribution in [0.4, 0.5) is 5.69 Å². The van der Waals surface area contributed by atoms with E-state index in [9.17, 15) is 13.2 Å². The molecule has 1 unspecified atom stereocenters. The molecule has 22 heavy (non-hydrogen) atoms. The number of methoxy groups -OCH3 is 1. The van der Waals surface area contributed by atoms with Gasteiger partial charge >= 0.3 is 0 Å². The first-order chi connectivity index (χ1) is 10.3. The first-order valence-corrected chi connectivity index (χ1v) is 8.82. The van der Waals surface area contributed by atoms with Crippen molar-refractivity contribution in [1.29, 1.82) is 0 Å². The molecular weight excluding hydrogens is 306 g/mol. The second kappa shape index (κ2) is 6.62. The lowest BCUT2D eigenvalue weighted by atomic mass is 10.2. The summed E-state index contributed by atoms with van der Waals surface area (Å²) in [5.74, 6) is 0.528. The van der Waals surface area contributed by atoms with E-state index in [2.05, 4.69) is 4.98 Å². The minimum absolute atomic E-state index is 0.0317. The zero-order valence-electron chi connectivity index (χ0n) is 13.0. The van der Waals surface area contributed by atoms with Crippen molar-refractivity contribution in [3.8, 4) is 5.88 Å². The van der Waals surface area contributed by atoms with Gasteiger partial charge in [-0.15, -0.1) is 0 Å². The number of aromatic nitrogens is 1. The van der Waals surface area contributed by atoms with Crippen molar-refractivity contribution in [3.63, 3.8) is 0 Å². The van der Waals surface area contributed by atoms with Gasteiger partial charge in [-0.1, -0.05) is 0 Å². The molecule has 1 aromatic heterocycles. The molecule has 1 fully saturated rings. The summed E-state index contributed by atoms with van der Waals surface area (Å²) >= 11 is 0. The number of amides is 1. The van der Waals surface area contributed by atoms with E-state index in [-0.39, 0.29) is 29.9 Å². The average molecular weight is 327 g/mol. The Labute approximate surface area is 130 Å². The molecule has 0 aromatic carbocycles. The fraction of sp³-hybridized carbons (Fsp3) is 0.571. The first kappa shape index (κ1) is 16.7. The highest BCUT2D eigenvalue weighted by Gasteiger charge is 2.31. The third-order valence-corrected chi connectivity index (χ3v) is 5.62. The molecular formula is C14H21N3O4S. The topological polar surface area (TPSA) is 79.8 Å². The van der Waals surface area contributed by atoms with Gasteiger partial charge in [0.1, 0.15) is 0 Å². The van der Waals surface area contributed by atoms with Crippen LogP contribution in [0.25, 0.3) is 0 Å². The lowest BCUT2D eigenvalue weighted by molar-refractivity contribution is -0.119. The van der Waals surface area contributed by atoms with E-state index >= 15 is 0 Å². The van der Waals surface area contributed by atoms with E-state index in [0.29, 0.717) is 18.1 Å². The summed E-state index contributed by atoms with van der Waals surface area (Å²) in [5, 5.41) is 0. The fourth-order valence-corrected chi connectivity index (χ4v) is 4.05. The molecule has 7 nitrogen and oxygen atoms in total. The summed E-state index contributed by atoms with van der Waals surface area (Å²) in [5.41, 5.74) is 0.645. The highest BCUT2D eigenvalue weighted by molar-refractivity contribution is 7.91. The molecule has 0 radical (unpaired) electrons. The number of rotatable bonds is 4. The third kappa shape index (κ3) is 3.95. The Kier molecular flexibility index (Phi) is 5.02. The van der Waals surface area contributed by atoms with Crippen LogP contribution in [0, 0.1) is 0 Å². The quantitative estimate of drug-likeness (QED) is 0.784. The van der Waals surface area contributed by atoms with Crippen molar-refractivity contribution in [2.75, 3.05) is 44.2 Å². The zero-order valence-corrected chi connectivity index (χ0v) is 13.8. The molecule has 8 heteroatoms. The standard InChI is InChI=1S/C14H21N3O4S/c1-16-6-7-22(19,20)10-12(16)8-14(18)17(2)11-4-5-13(21-3)15-9-11/h4-5,9,12H,6-8,10H2,1-3H3. The molecule has 1 amide bonds. The van der Waals surface area contributed by atoms with E-state index in [4.69, 9.17) is 4.74 Å². The third-order valence-electron chi connectivity index (χ3n) is 3.93. The van der Waals surface area contributed by atoms with E-state index in [1.165, 1.54) is 12.0 Å². The second-order valence-corrected chi connectivity index (χ2v) is 7.69. The van der Waals surface area contributed by atoms with Gasteiger partial charge in [0.05, 0.1) is 30.5 Å². The molecule has 0 bridgehead atoms. The van der Waals surface area contributed by atoms with E-state index in [1.807, 2.05) is 11.9 Å². The van der Waals surface area contributed by atoms with Crippen molar-refractivity contribution in [1.82, 2.24) is 9.88 Å². The molecule has 2 rings (SSSR count). The molecule has 0 spiro atoms. The Morgan fingerprint density at radius 3 is 2.82 bits per heavy atom. The highest BCUT2D eigenvalue weighted by atomic mass is 32.2. The van der Waals surface area contributed by atoms with Gasteiger partial charge in [-0.05, 0) is 13.1 Å². The van der Waals surface area contributed by atoms with E-state index in [1.54, 1.807) is 25.4 Å². The predicted octanol–water partition coefficient (Wildman–Crippen LogP) is 0.172. The van der Waals surface area contributed by atoms with Crippen molar-refractivity contribution in [2.45, 2.75) is 12.5 Å². The van der Waals surface area contributed by atoms with Crippen LogP contribution in [0.15, 0.2) is 18.3 Å². The van der Waals surface area contributed by atoms with Crippen LogP contribution in [0.2, 0.25) is 0 Å². The molecule has 122 valence electrons. The van der Waals surface area contributed by atoms with Crippen LogP contribution in [0.5, 0.6) is 5.88 Å². The number of nitrogens with zero attached hydrogens (tertiary/aromatic N) is 3. The van der Waals surface area contributed by atoms with Gasteiger partial charge in [-0.3, -0.25) is 4.79 Å². The fourth-order valence-electron chi connectivity index (χ4n) is 2.36. The minimum Gasteiger partial charge on any atom is -0.481 e. The number of anilines is 1. The number of hydrogen-bond donors (Lipinski definition) is 0. The van der Waals surface area contributed by atoms with Gasteiger partial charge in [0.25, 0.3) is 0 Å². The summed E-state index contributed by atoms with van der Waals surface area (Å²) in [4.78, 5) is 19.8. The molecule has 2 heterocycles. The molecule has 1 atom stereocenters. The highest BCUT2D eigenvalue weighted by Crippen LogP contribution is 2.18. The molecule has 1 aromatic rings. The normalized spacial score (nSPS) is 21.3. The lowest BCUT2D eigenvalue weighted by Crippen LogP contribution is -2.48. The Bertz CT molecular complexity index is 630. The molecule has 1 aliphatic heterocycles. The smallest absolute Gasteiger partial charge is 0.228 e. The van der Waals surface area contributed by atoms with Gasteiger partial charge in [0, 0.05) is 32.1 Å². The number of pyridine rings is 1. The maximum atomic E-state index is 12.4. The van der Waals surface area contributed by atoms with E-state index < -0.39 is 9.84 Å². The summed E-state index contributed by atoms with van der Waals surface area (Å²) < 4.78 is 28.4. The summed E-state index contributed by atoms with van der Waals surface area (Å²) in [6.45, 7) is 0.466. The lowest BCUT2D eigenvalue weighted by Gasteiger charge is -2.32. The molecule has 0 N–H and O–H groups in total. The number of sulfone groups is 1. The maximum Gasteiger partial charge on any atom is 0.228 e. The predicted molar refractivity (Wildman–Crippen MR) is 83.9 cm³/mol. The van der Waals surface area contributed by atoms with Crippen LogP contribution in [0.1, 0.15) is 6.42 Å². The summed E-state index contributed by atoms with van der Waals surface area (Å²) in [7, 11) is 1.98. The Morgan fingerprint density at radius 2 is 2.23 bits per heavy atom. The summed E-state index contributed by atoms with van der Waals surface area (Å²) in [6.07, 6.45) is 1.72. The SMILES string of the molecule is COc1ccc(N(C)C(=O)CC2CS(=O)(=O)CCN2C)cn1. The van der Waals surface area contributed by atoms with Crippen LogP contribution in [0.3, 0.4) is 0 Å². The molecule has 1 aliphatic rings. The molecule has 0 aliphatic carbocycles. The number of carbonyl (C=O) groups excluding carboxylic acids is 1. The van der Waals surface area contributed by atoms with Crippen LogP contribution < -0.4 is 9.64 Å². The van der Waals surface area contributed by atoms with E-state index in [0.717, 1.165) is 0 Å². The van der Waals surface area contributed by atoms with Crippen molar-refractivity contribution in [3.05, 3.63) is 18.3 Å². The van der Waals surface area contributed by atoms with Gasteiger partial charge < -0.3 is 14.5 Å². The van der Waals surface area contributed by atoms with Gasteiger partial charge in [-0.2, -0.15) is 0 Å². The Morgan fingerprint density at radius 1 is 1.50 bits per heavy atom.